The number of carbonyl (C=O) groups is 2. The molecule has 0 saturated carbocycles. The molecule has 10 heteroatoms. The molecule has 0 unspecified atom stereocenters. The highest BCUT2D eigenvalue weighted by molar-refractivity contribution is 6.30. The standard InChI is InChI=1S/C16H15ClN6O3/c1-10-19-15(21-23(10)13-4-2-11(17)3-5-13)16(26)20-12-8-18-22(9-12)7-6-14(24)25/h2-5,8-9H,6-7H2,1H3,(H,20,26)(H,24,25). The Labute approximate surface area is 153 Å². The number of carboxylic acid groups (broad SMARTS) is 1. The topological polar surface area (TPSA) is 115 Å². The molecule has 1 aromatic carbocycles. The van der Waals surface area contributed by atoms with Gasteiger partial charge in [-0.25, -0.2) is 9.67 Å². The number of carboxylic acids is 1. The first-order valence-corrected chi connectivity index (χ1v) is 8.05. The molecule has 26 heavy (non-hydrogen) atoms. The van der Waals surface area contributed by atoms with Crippen molar-refractivity contribution in [2.45, 2.75) is 19.9 Å². The molecule has 2 aromatic heterocycles. The van der Waals surface area contributed by atoms with E-state index >= 15 is 0 Å². The average Bonchev–Trinajstić information content (AvgIpc) is 3.20. The normalized spacial score (nSPS) is 10.7. The number of aromatic nitrogens is 5. The van der Waals surface area contributed by atoms with Gasteiger partial charge >= 0.3 is 5.97 Å². The minimum Gasteiger partial charge on any atom is -0.481 e. The monoisotopic (exact) mass is 374 g/mol. The highest BCUT2D eigenvalue weighted by Gasteiger charge is 2.16. The SMILES string of the molecule is Cc1nc(C(=O)Nc2cnn(CCC(=O)O)c2)nn1-c1ccc(Cl)cc1. The van der Waals surface area contributed by atoms with Gasteiger partial charge in [0.25, 0.3) is 5.91 Å². The average molecular weight is 375 g/mol. The number of aliphatic carboxylic acids is 1. The third kappa shape index (κ3) is 4.06. The van der Waals surface area contributed by atoms with E-state index in [0.717, 1.165) is 5.69 Å². The summed E-state index contributed by atoms with van der Waals surface area (Å²) < 4.78 is 2.98. The Morgan fingerprint density at radius 1 is 1.27 bits per heavy atom. The van der Waals surface area contributed by atoms with E-state index in [4.69, 9.17) is 16.7 Å². The number of nitrogens with one attached hydrogen (secondary N) is 1. The summed E-state index contributed by atoms with van der Waals surface area (Å²) in [4.78, 5) is 27.1. The van der Waals surface area contributed by atoms with Gasteiger partial charge in [0.15, 0.2) is 0 Å². The first kappa shape index (κ1) is 17.6. The minimum atomic E-state index is -0.918. The second-order valence-electron chi connectivity index (χ2n) is 5.46. The van der Waals surface area contributed by atoms with Crippen LogP contribution in [0.3, 0.4) is 0 Å². The number of hydrogen-bond donors (Lipinski definition) is 2. The van der Waals surface area contributed by atoms with Crippen molar-refractivity contribution in [3.05, 3.63) is 53.3 Å². The first-order valence-electron chi connectivity index (χ1n) is 7.67. The Hall–Kier alpha value is -3.20. The van der Waals surface area contributed by atoms with Gasteiger partial charge in [-0.05, 0) is 31.2 Å². The number of carbonyl (C=O) groups excluding carboxylic acids is 1. The summed E-state index contributed by atoms with van der Waals surface area (Å²) in [5.41, 5.74) is 1.17. The quantitative estimate of drug-likeness (QED) is 0.683. The number of hydrogen-bond acceptors (Lipinski definition) is 5. The fourth-order valence-electron chi connectivity index (χ4n) is 2.26. The number of anilines is 1. The van der Waals surface area contributed by atoms with Gasteiger partial charge in [0.1, 0.15) is 5.82 Å². The van der Waals surface area contributed by atoms with Crippen LogP contribution in [0.25, 0.3) is 5.69 Å². The maximum absolute atomic E-state index is 12.3. The van der Waals surface area contributed by atoms with Gasteiger partial charge in [-0.15, -0.1) is 5.10 Å². The molecule has 0 radical (unpaired) electrons. The Bertz CT molecular complexity index is 947. The van der Waals surface area contributed by atoms with E-state index < -0.39 is 11.9 Å². The molecule has 3 rings (SSSR count). The summed E-state index contributed by atoms with van der Waals surface area (Å²) in [6.07, 6.45) is 2.92. The number of benzene rings is 1. The van der Waals surface area contributed by atoms with Gasteiger partial charge in [0.2, 0.25) is 5.82 Å². The van der Waals surface area contributed by atoms with Crippen LogP contribution in [0.2, 0.25) is 5.02 Å². The van der Waals surface area contributed by atoms with Crippen molar-refractivity contribution in [1.82, 2.24) is 24.5 Å². The molecule has 3 aromatic rings. The molecular weight excluding hydrogens is 360 g/mol. The maximum atomic E-state index is 12.3. The number of halogens is 1. The predicted octanol–water partition coefficient (Wildman–Crippen LogP) is 2.15. The fraction of sp³-hybridized carbons (Fsp3) is 0.188. The highest BCUT2D eigenvalue weighted by Crippen LogP contribution is 2.15. The molecule has 0 fully saturated rings. The van der Waals surface area contributed by atoms with E-state index in [1.807, 2.05) is 0 Å². The zero-order valence-electron chi connectivity index (χ0n) is 13.8. The second-order valence-corrected chi connectivity index (χ2v) is 5.90. The van der Waals surface area contributed by atoms with Crippen LogP contribution in [0.15, 0.2) is 36.7 Å². The highest BCUT2D eigenvalue weighted by atomic mass is 35.5. The smallest absolute Gasteiger partial charge is 0.305 e. The van der Waals surface area contributed by atoms with E-state index in [9.17, 15) is 9.59 Å². The zero-order chi connectivity index (χ0) is 18.7. The van der Waals surface area contributed by atoms with Gasteiger partial charge in [0, 0.05) is 11.2 Å². The lowest BCUT2D eigenvalue weighted by atomic mass is 10.3. The third-order valence-electron chi connectivity index (χ3n) is 3.49. The van der Waals surface area contributed by atoms with E-state index in [1.54, 1.807) is 42.1 Å². The van der Waals surface area contributed by atoms with Crippen LogP contribution >= 0.6 is 11.6 Å². The maximum Gasteiger partial charge on any atom is 0.305 e. The lowest BCUT2D eigenvalue weighted by Crippen LogP contribution is -2.14. The fourth-order valence-corrected chi connectivity index (χ4v) is 2.39. The van der Waals surface area contributed by atoms with E-state index in [2.05, 4.69) is 20.5 Å². The lowest BCUT2D eigenvalue weighted by Gasteiger charge is -2.02. The number of nitrogens with zero attached hydrogens (tertiary/aromatic N) is 5. The van der Waals surface area contributed by atoms with Crippen LogP contribution in [-0.2, 0) is 11.3 Å². The van der Waals surface area contributed by atoms with Crippen LogP contribution in [0.4, 0.5) is 5.69 Å². The van der Waals surface area contributed by atoms with Crippen LogP contribution < -0.4 is 5.32 Å². The molecule has 0 atom stereocenters. The number of amides is 1. The van der Waals surface area contributed by atoms with Crippen molar-refractivity contribution in [3.63, 3.8) is 0 Å². The van der Waals surface area contributed by atoms with E-state index in [0.29, 0.717) is 16.5 Å². The number of aryl methyl sites for hydroxylation is 2. The molecule has 0 aliphatic rings. The number of rotatable bonds is 6. The summed E-state index contributed by atoms with van der Waals surface area (Å²) in [7, 11) is 0. The second kappa shape index (κ2) is 7.36. The summed E-state index contributed by atoms with van der Waals surface area (Å²) in [6, 6.07) is 7.00. The van der Waals surface area contributed by atoms with Crippen LogP contribution in [0, 0.1) is 6.92 Å². The molecule has 0 spiro atoms. The van der Waals surface area contributed by atoms with Gasteiger partial charge in [-0.2, -0.15) is 5.10 Å². The molecule has 9 nitrogen and oxygen atoms in total. The van der Waals surface area contributed by atoms with Crippen molar-refractivity contribution in [1.29, 1.82) is 0 Å². The van der Waals surface area contributed by atoms with Crippen molar-refractivity contribution < 1.29 is 14.7 Å². The van der Waals surface area contributed by atoms with Crippen LogP contribution in [0.5, 0.6) is 0 Å². The summed E-state index contributed by atoms with van der Waals surface area (Å²) in [6.45, 7) is 1.95. The van der Waals surface area contributed by atoms with Crippen molar-refractivity contribution in [2.75, 3.05) is 5.32 Å². The Balaban J connectivity index is 1.71. The summed E-state index contributed by atoms with van der Waals surface area (Å²) in [5.74, 6) is -0.845. The predicted molar refractivity (Wildman–Crippen MR) is 93.5 cm³/mol. The van der Waals surface area contributed by atoms with Crippen LogP contribution in [-0.4, -0.2) is 41.5 Å². The molecule has 2 N–H and O–H groups in total. The van der Waals surface area contributed by atoms with Gasteiger partial charge in [-0.1, -0.05) is 11.6 Å². The molecule has 1 amide bonds. The first-order chi connectivity index (χ1) is 12.4. The third-order valence-corrected chi connectivity index (χ3v) is 3.74. The van der Waals surface area contributed by atoms with Gasteiger partial charge in [-0.3, -0.25) is 14.3 Å². The van der Waals surface area contributed by atoms with Gasteiger partial charge in [0.05, 0.1) is 30.5 Å². The van der Waals surface area contributed by atoms with Crippen molar-refractivity contribution in [3.8, 4) is 5.69 Å². The summed E-state index contributed by atoms with van der Waals surface area (Å²) in [5, 5.41) is 20.1. The van der Waals surface area contributed by atoms with E-state index in [1.165, 1.54) is 10.9 Å². The Kier molecular flexibility index (Phi) is 4.99. The Morgan fingerprint density at radius 3 is 2.69 bits per heavy atom. The molecule has 2 heterocycles. The Morgan fingerprint density at radius 2 is 2.00 bits per heavy atom. The van der Waals surface area contributed by atoms with Gasteiger partial charge < -0.3 is 10.4 Å². The molecule has 0 aliphatic carbocycles. The van der Waals surface area contributed by atoms with E-state index in [-0.39, 0.29) is 18.8 Å². The molecule has 134 valence electrons. The van der Waals surface area contributed by atoms with Crippen LogP contribution in [0.1, 0.15) is 22.9 Å². The zero-order valence-corrected chi connectivity index (χ0v) is 14.5. The van der Waals surface area contributed by atoms with Crippen molar-refractivity contribution >= 4 is 29.2 Å². The largest absolute Gasteiger partial charge is 0.481 e. The molecular formula is C16H15ClN6O3. The molecule has 0 aliphatic heterocycles. The minimum absolute atomic E-state index is 0.00994. The lowest BCUT2D eigenvalue weighted by molar-refractivity contribution is -0.137. The molecule has 0 bridgehead atoms. The summed E-state index contributed by atoms with van der Waals surface area (Å²) >= 11 is 5.88. The molecule has 0 saturated heterocycles. The van der Waals surface area contributed by atoms with Crippen molar-refractivity contribution in [2.24, 2.45) is 0 Å².